The van der Waals surface area contributed by atoms with Gasteiger partial charge in [-0.25, -0.2) is 0 Å². The van der Waals surface area contributed by atoms with E-state index in [9.17, 15) is 4.79 Å². The lowest BCUT2D eigenvalue weighted by Gasteiger charge is -2.15. The Labute approximate surface area is 113 Å². The number of benzene rings is 1. The van der Waals surface area contributed by atoms with E-state index in [1.54, 1.807) is 19.2 Å². The van der Waals surface area contributed by atoms with Gasteiger partial charge in [-0.1, -0.05) is 18.5 Å². The lowest BCUT2D eigenvalue weighted by atomic mass is 10.1. The van der Waals surface area contributed by atoms with E-state index in [4.69, 9.17) is 16.3 Å². The molecular weight excluding hydrogens is 252 g/mol. The fourth-order valence-electron chi connectivity index (χ4n) is 1.55. The Hall–Kier alpha value is -1.26. The van der Waals surface area contributed by atoms with E-state index in [1.807, 2.05) is 19.9 Å². The minimum absolute atomic E-state index is 0.0849. The Morgan fingerprint density at radius 3 is 2.78 bits per heavy atom. The Morgan fingerprint density at radius 2 is 2.17 bits per heavy atom. The second-order valence-corrected chi connectivity index (χ2v) is 4.50. The smallest absolute Gasteiger partial charge is 0.229 e. The largest absolute Gasteiger partial charge is 0.384 e. The van der Waals surface area contributed by atoms with Crippen LogP contribution in [0, 0.1) is 5.92 Å². The molecule has 0 saturated carbocycles. The standard InChI is InChI=1S/C13H19ClN2O2/c1-4-15-11-6-5-10(14)7-12(11)16-13(17)9(2)8-18-3/h5-7,9,15H,4,8H2,1-3H3,(H,16,17)/t9-/m1/s1. The second kappa shape index (κ2) is 7.24. The Balaban J connectivity index is 2.81. The summed E-state index contributed by atoms with van der Waals surface area (Å²) in [5.41, 5.74) is 1.55. The highest BCUT2D eigenvalue weighted by molar-refractivity contribution is 6.31. The number of amides is 1. The number of anilines is 2. The zero-order valence-corrected chi connectivity index (χ0v) is 11.7. The Morgan fingerprint density at radius 1 is 1.44 bits per heavy atom. The van der Waals surface area contributed by atoms with Crippen molar-refractivity contribution in [2.75, 3.05) is 30.9 Å². The van der Waals surface area contributed by atoms with E-state index < -0.39 is 0 Å². The first kappa shape index (κ1) is 14.8. The van der Waals surface area contributed by atoms with Crippen molar-refractivity contribution in [3.8, 4) is 0 Å². The molecule has 2 N–H and O–H groups in total. The van der Waals surface area contributed by atoms with Gasteiger partial charge in [0.05, 0.1) is 23.9 Å². The highest BCUT2D eigenvalue weighted by Gasteiger charge is 2.14. The van der Waals surface area contributed by atoms with Crippen LogP contribution in [0.3, 0.4) is 0 Å². The first-order valence-electron chi connectivity index (χ1n) is 5.91. The molecule has 0 bridgehead atoms. The van der Waals surface area contributed by atoms with Gasteiger partial charge in [0, 0.05) is 18.7 Å². The van der Waals surface area contributed by atoms with E-state index >= 15 is 0 Å². The van der Waals surface area contributed by atoms with Crippen LogP contribution < -0.4 is 10.6 Å². The van der Waals surface area contributed by atoms with Crippen molar-refractivity contribution in [2.24, 2.45) is 5.92 Å². The van der Waals surface area contributed by atoms with E-state index in [-0.39, 0.29) is 11.8 Å². The number of hydrogen-bond acceptors (Lipinski definition) is 3. The molecule has 0 aliphatic rings. The lowest BCUT2D eigenvalue weighted by Crippen LogP contribution is -2.24. The number of carbonyl (C=O) groups excluding carboxylic acids is 1. The predicted octanol–water partition coefficient (Wildman–Crippen LogP) is 2.99. The molecule has 100 valence electrons. The summed E-state index contributed by atoms with van der Waals surface area (Å²) < 4.78 is 4.96. The molecule has 5 heteroatoms. The maximum Gasteiger partial charge on any atom is 0.229 e. The Kier molecular flexibility index (Phi) is 5.95. The molecule has 0 saturated heterocycles. The second-order valence-electron chi connectivity index (χ2n) is 4.07. The van der Waals surface area contributed by atoms with Crippen LogP contribution in [0.2, 0.25) is 5.02 Å². The molecule has 1 atom stereocenters. The van der Waals surface area contributed by atoms with Crippen molar-refractivity contribution >= 4 is 28.9 Å². The Bertz CT molecular complexity index is 410. The van der Waals surface area contributed by atoms with Crippen LogP contribution in [0.1, 0.15) is 13.8 Å². The molecule has 0 heterocycles. The monoisotopic (exact) mass is 270 g/mol. The van der Waals surface area contributed by atoms with Crippen LogP contribution in [0.4, 0.5) is 11.4 Å². The summed E-state index contributed by atoms with van der Waals surface area (Å²) in [5.74, 6) is -0.290. The highest BCUT2D eigenvalue weighted by atomic mass is 35.5. The topological polar surface area (TPSA) is 50.4 Å². The summed E-state index contributed by atoms with van der Waals surface area (Å²) in [7, 11) is 1.58. The third kappa shape index (κ3) is 4.20. The molecular formula is C13H19ClN2O2. The molecule has 0 unspecified atom stereocenters. The summed E-state index contributed by atoms with van der Waals surface area (Å²) >= 11 is 5.94. The van der Waals surface area contributed by atoms with E-state index in [0.717, 1.165) is 12.2 Å². The minimum atomic E-state index is -0.205. The molecule has 1 amide bonds. The molecule has 1 aromatic rings. The van der Waals surface area contributed by atoms with Crippen LogP contribution in [0.25, 0.3) is 0 Å². The summed E-state index contributed by atoms with van der Waals surface area (Å²) in [4.78, 5) is 11.9. The molecule has 0 radical (unpaired) electrons. The first-order valence-corrected chi connectivity index (χ1v) is 6.29. The molecule has 18 heavy (non-hydrogen) atoms. The molecule has 0 spiro atoms. The zero-order chi connectivity index (χ0) is 13.5. The van der Waals surface area contributed by atoms with Crippen LogP contribution in [0.15, 0.2) is 18.2 Å². The van der Waals surface area contributed by atoms with Crippen molar-refractivity contribution in [2.45, 2.75) is 13.8 Å². The fourth-order valence-corrected chi connectivity index (χ4v) is 1.72. The van der Waals surface area contributed by atoms with Gasteiger partial charge in [-0.2, -0.15) is 0 Å². The summed E-state index contributed by atoms with van der Waals surface area (Å²) in [6, 6.07) is 5.37. The highest BCUT2D eigenvalue weighted by Crippen LogP contribution is 2.26. The van der Waals surface area contributed by atoms with E-state index in [0.29, 0.717) is 17.3 Å². The number of nitrogens with one attached hydrogen (secondary N) is 2. The minimum Gasteiger partial charge on any atom is -0.384 e. The van der Waals surface area contributed by atoms with Gasteiger partial charge in [-0.15, -0.1) is 0 Å². The third-order valence-corrected chi connectivity index (χ3v) is 2.71. The first-order chi connectivity index (χ1) is 8.58. The van der Waals surface area contributed by atoms with Crippen LogP contribution in [-0.2, 0) is 9.53 Å². The van der Waals surface area contributed by atoms with Gasteiger partial charge in [0.1, 0.15) is 0 Å². The average molecular weight is 271 g/mol. The predicted molar refractivity (Wildman–Crippen MR) is 75.3 cm³/mol. The maximum atomic E-state index is 11.9. The number of halogens is 1. The van der Waals surface area contributed by atoms with Crippen molar-refractivity contribution in [1.29, 1.82) is 0 Å². The van der Waals surface area contributed by atoms with Crippen molar-refractivity contribution in [1.82, 2.24) is 0 Å². The van der Waals surface area contributed by atoms with Gasteiger partial charge >= 0.3 is 0 Å². The average Bonchev–Trinajstić information content (AvgIpc) is 2.33. The normalized spacial score (nSPS) is 12.0. The molecule has 0 aliphatic carbocycles. The molecule has 0 aliphatic heterocycles. The number of rotatable bonds is 6. The van der Waals surface area contributed by atoms with Crippen molar-refractivity contribution in [3.05, 3.63) is 23.2 Å². The van der Waals surface area contributed by atoms with Gasteiger partial charge in [-0.05, 0) is 25.1 Å². The van der Waals surface area contributed by atoms with Gasteiger partial charge in [-0.3, -0.25) is 4.79 Å². The quantitative estimate of drug-likeness (QED) is 0.835. The zero-order valence-electron chi connectivity index (χ0n) is 10.9. The summed E-state index contributed by atoms with van der Waals surface area (Å²) in [6.07, 6.45) is 0. The number of carbonyl (C=O) groups is 1. The molecule has 4 nitrogen and oxygen atoms in total. The van der Waals surface area contributed by atoms with Gasteiger partial charge in [0.25, 0.3) is 0 Å². The van der Waals surface area contributed by atoms with Gasteiger partial charge in [0.15, 0.2) is 0 Å². The number of methoxy groups -OCH3 is 1. The van der Waals surface area contributed by atoms with Crippen LogP contribution >= 0.6 is 11.6 Å². The molecule has 0 aromatic heterocycles. The SMILES string of the molecule is CCNc1ccc(Cl)cc1NC(=O)[C@H](C)COC. The molecule has 0 fully saturated rings. The van der Waals surface area contributed by atoms with Crippen LogP contribution in [-0.4, -0.2) is 26.2 Å². The number of ether oxygens (including phenoxy) is 1. The van der Waals surface area contributed by atoms with E-state index in [2.05, 4.69) is 10.6 Å². The lowest BCUT2D eigenvalue weighted by molar-refractivity contribution is -0.120. The maximum absolute atomic E-state index is 11.9. The third-order valence-electron chi connectivity index (χ3n) is 2.47. The summed E-state index contributed by atoms with van der Waals surface area (Å²) in [5, 5.41) is 6.62. The molecule has 1 rings (SSSR count). The van der Waals surface area contributed by atoms with Crippen LogP contribution in [0.5, 0.6) is 0 Å². The van der Waals surface area contributed by atoms with Gasteiger partial charge in [0.2, 0.25) is 5.91 Å². The van der Waals surface area contributed by atoms with Gasteiger partial charge < -0.3 is 15.4 Å². The van der Waals surface area contributed by atoms with Crippen molar-refractivity contribution < 1.29 is 9.53 Å². The van der Waals surface area contributed by atoms with E-state index in [1.165, 1.54) is 0 Å². The molecule has 1 aromatic carbocycles. The van der Waals surface area contributed by atoms with Crippen molar-refractivity contribution in [3.63, 3.8) is 0 Å². The fraction of sp³-hybridized carbons (Fsp3) is 0.462. The summed E-state index contributed by atoms with van der Waals surface area (Å²) in [6.45, 7) is 4.98. The number of hydrogen-bond donors (Lipinski definition) is 2.